The first-order valence-corrected chi connectivity index (χ1v) is 6.95. The number of nitrogens with zero attached hydrogens (tertiary/aromatic N) is 1. The van der Waals surface area contributed by atoms with Crippen molar-refractivity contribution < 1.29 is 4.79 Å². The number of carbonyl (C=O) groups excluding carboxylic acids is 1. The Kier molecular flexibility index (Phi) is 3.76. The van der Waals surface area contributed by atoms with Crippen LogP contribution in [0.25, 0.3) is 0 Å². The Hall–Kier alpha value is -0.570. The maximum absolute atomic E-state index is 12.2. The summed E-state index contributed by atoms with van der Waals surface area (Å²) in [6.45, 7) is 10.9. The van der Waals surface area contributed by atoms with Gasteiger partial charge in [0, 0.05) is 19.5 Å². The summed E-state index contributed by atoms with van der Waals surface area (Å²) in [4.78, 5) is 14.3. The zero-order valence-corrected chi connectivity index (χ0v) is 11.5. The highest BCUT2D eigenvalue weighted by Crippen LogP contribution is 2.34. The number of likely N-dealkylation sites (tertiary alicyclic amines) is 1. The third kappa shape index (κ3) is 3.21. The highest BCUT2D eigenvalue weighted by atomic mass is 16.2. The van der Waals surface area contributed by atoms with E-state index in [1.54, 1.807) is 0 Å². The van der Waals surface area contributed by atoms with Crippen LogP contribution >= 0.6 is 0 Å². The molecule has 2 aliphatic rings. The number of hydrogen-bond donors (Lipinski definition) is 1. The van der Waals surface area contributed by atoms with Crippen LogP contribution in [0.15, 0.2) is 0 Å². The summed E-state index contributed by atoms with van der Waals surface area (Å²) in [6, 6.07) is 0. The molecule has 1 amide bonds. The summed E-state index contributed by atoms with van der Waals surface area (Å²) in [5.74, 6) is 1.63. The summed E-state index contributed by atoms with van der Waals surface area (Å²) in [5, 5.41) is 3.33. The van der Waals surface area contributed by atoms with Crippen molar-refractivity contribution in [1.82, 2.24) is 10.2 Å². The molecule has 0 aromatic carbocycles. The van der Waals surface area contributed by atoms with Crippen molar-refractivity contribution >= 4 is 5.91 Å². The van der Waals surface area contributed by atoms with Gasteiger partial charge in [0.2, 0.25) is 5.91 Å². The molecule has 0 spiro atoms. The highest BCUT2D eigenvalue weighted by molar-refractivity contribution is 5.76. The Morgan fingerprint density at radius 1 is 1.35 bits per heavy atom. The smallest absolute Gasteiger partial charge is 0.222 e. The third-order valence-electron chi connectivity index (χ3n) is 4.39. The standard InChI is InChI=1S/C14H26N2O/c1-14(2,3)12-5-7-16(10-12)13(17)8-11-4-6-15-9-11/h11-12,15H,4-10H2,1-3H3. The second-order valence-corrected chi connectivity index (χ2v) is 6.75. The Balaban J connectivity index is 1.81. The second kappa shape index (κ2) is 4.97. The maximum Gasteiger partial charge on any atom is 0.222 e. The van der Waals surface area contributed by atoms with E-state index in [1.807, 2.05) is 0 Å². The van der Waals surface area contributed by atoms with Crippen molar-refractivity contribution in [3.05, 3.63) is 0 Å². The predicted octanol–water partition coefficient (Wildman–Crippen LogP) is 1.88. The molecule has 2 heterocycles. The van der Waals surface area contributed by atoms with E-state index in [9.17, 15) is 4.79 Å². The van der Waals surface area contributed by atoms with E-state index < -0.39 is 0 Å². The molecule has 2 fully saturated rings. The van der Waals surface area contributed by atoms with Crippen molar-refractivity contribution in [1.29, 1.82) is 0 Å². The normalized spacial score (nSPS) is 29.9. The summed E-state index contributed by atoms with van der Waals surface area (Å²) < 4.78 is 0. The van der Waals surface area contributed by atoms with Gasteiger partial charge in [-0.05, 0) is 43.2 Å². The molecule has 0 aromatic rings. The van der Waals surface area contributed by atoms with E-state index in [1.165, 1.54) is 12.8 Å². The summed E-state index contributed by atoms with van der Waals surface area (Å²) in [7, 11) is 0. The van der Waals surface area contributed by atoms with Crippen molar-refractivity contribution in [3.63, 3.8) is 0 Å². The van der Waals surface area contributed by atoms with Crippen LogP contribution < -0.4 is 5.32 Å². The fourth-order valence-electron chi connectivity index (χ4n) is 2.96. The lowest BCUT2D eigenvalue weighted by Gasteiger charge is -2.27. The van der Waals surface area contributed by atoms with E-state index in [4.69, 9.17) is 0 Å². The van der Waals surface area contributed by atoms with Gasteiger partial charge < -0.3 is 10.2 Å². The van der Waals surface area contributed by atoms with Crippen LogP contribution in [0.4, 0.5) is 0 Å². The first-order valence-electron chi connectivity index (χ1n) is 6.95. The summed E-state index contributed by atoms with van der Waals surface area (Å²) in [6.07, 6.45) is 3.10. The average Bonchev–Trinajstić information content (AvgIpc) is 2.85. The molecule has 2 saturated heterocycles. The topological polar surface area (TPSA) is 32.3 Å². The Bertz CT molecular complexity index is 276. The molecule has 3 nitrogen and oxygen atoms in total. The molecule has 0 aliphatic carbocycles. The van der Waals surface area contributed by atoms with Gasteiger partial charge in [0.15, 0.2) is 0 Å². The molecule has 2 rings (SSSR count). The largest absolute Gasteiger partial charge is 0.342 e. The predicted molar refractivity (Wildman–Crippen MR) is 69.7 cm³/mol. The molecule has 1 N–H and O–H groups in total. The fraction of sp³-hybridized carbons (Fsp3) is 0.929. The molecule has 2 unspecified atom stereocenters. The molecule has 2 atom stereocenters. The first kappa shape index (κ1) is 12.9. The molecule has 0 radical (unpaired) electrons. The van der Waals surface area contributed by atoms with Crippen LogP contribution in [0, 0.1) is 17.3 Å². The van der Waals surface area contributed by atoms with Crippen molar-refractivity contribution in [2.24, 2.45) is 17.3 Å². The molecule has 0 aromatic heterocycles. The van der Waals surface area contributed by atoms with E-state index in [0.29, 0.717) is 23.2 Å². The summed E-state index contributed by atoms with van der Waals surface area (Å²) in [5.41, 5.74) is 0.337. The minimum absolute atomic E-state index is 0.337. The minimum atomic E-state index is 0.337. The zero-order valence-electron chi connectivity index (χ0n) is 11.5. The van der Waals surface area contributed by atoms with Gasteiger partial charge in [-0.15, -0.1) is 0 Å². The van der Waals surface area contributed by atoms with Crippen molar-refractivity contribution in [3.8, 4) is 0 Å². The number of hydrogen-bond acceptors (Lipinski definition) is 2. The van der Waals surface area contributed by atoms with Gasteiger partial charge in [-0.3, -0.25) is 4.79 Å². The fourth-order valence-corrected chi connectivity index (χ4v) is 2.96. The van der Waals surface area contributed by atoms with Gasteiger partial charge in [0.05, 0.1) is 0 Å². The van der Waals surface area contributed by atoms with Crippen LogP contribution in [-0.2, 0) is 4.79 Å². The average molecular weight is 238 g/mol. The van der Waals surface area contributed by atoms with Gasteiger partial charge in [0.25, 0.3) is 0 Å². The van der Waals surface area contributed by atoms with Crippen molar-refractivity contribution in [2.45, 2.75) is 40.0 Å². The molecular formula is C14H26N2O. The molecular weight excluding hydrogens is 212 g/mol. The lowest BCUT2D eigenvalue weighted by molar-refractivity contribution is -0.131. The molecule has 98 valence electrons. The number of amides is 1. The lowest BCUT2D eigenvalue weighted by atomic mass is 9.80. The first-order chi connectivity index (χ1) is 7.97. The number of nitrogens with one attached hydrogen (secondary N) is 1. The van der Waals surface area contributed by atoms with Gasteiger partial charge in [-0.2, -0.15) is 0 Å². The molecule has 2 aliphatic heterocycles. The van der Waals surface area contributed by atoms with Gasteiger partial charge in [-0.1, -0.05) is 20.8 Å². The lowest BCUT2D eigenvalue weighted by Crippen LogP contribution is -2.32. The molecule has 0 bridgehead atoms. The Labute approximate surface area is 105 Å². The van der Waals surface area contributed by atoms with Gasteiger partial charge in [0.1, 0.15) is 0 Å². The SMILES string of the molecule is CC(C)(C)C1CCN(C(=O)CC2CCNC2)C1. The highest BCUT2D eigenvalue weighted by Gasteiger charge is 2.34. The van der Waals surface area contributed by atoms with Gasteiger partial charge in [-0.25, -0.2) is 0 Å². The van der Waals surface area contributed by atoms with E-state index in [0.717, 1.165) is 32.6 Å². The van der Waals surface area contributed by atoms with E-state index in [-0.39, 0.29) is 0 Å². The quantitative estimate of drug-likeness (QED) is 0.796. The number of carbonyl (C=O) groups is 1. The van der Waals surface area contributed by atoms with Crippen LogP contribution in [0.2, 0.25) is 0 Å². The molecule has 17 heavy (non-hydrogen) atoms. The minimum Gasteiger partial charge on any atom is -0.342 e. The zero-order chi connectivity index (χ0) is 12.5. The van der Waals surface area contributed by atoms with Crippen LogP contribution in [-0.4, -0.2) is 37.0 Å². The van der Waals surface area contributed by atoms with Crippen LogP contribution in [0.5, 0.6) is 0 Å². The van der Waals surface area contributed by atoms with Gasteiger partial charge >= 0.3 is 0 Å². The van der Waals surface area contributed by atoms with Crippen molar-refractivity contribution in [2.75, 3.05) is 26.2 Å². The Morgan fingerprint density at radius 3 is 2.65 bits per heavy atom. The van der Waals surface area contributed by atoms with Crippen LogP contribution in [0.3, 0.4) is 0 Å². The van der Waals surface area contributed by atoms with E-state index in [2.05, 4.69) is 31.0 Å². The number of rotatable bonds is 2. The van der Waals surface area contributed by atoms with E-state index >= 15 is 0 Å². The Morgan fingerprint density at radius 2 is 2.12 bits per heavy atom. The third-order valence-corrected chi connectivity index (χ3v) is 4.39. The van der Waals surface area contributed by atoms with Crippen LogP contribution in [0.1, 0.15) is 40.0 Å². The molecule has 0 saturated carbocycles. The summed E-state index contributed by atoms with van der Waals surface area (Å²) >= 11 is 0. The monoisotopic (exact) mass is 238 g/mol. The maximum atomic E-state index is 12.2. The molecule has 3 heteroatoms. The second-order valence-electron chi connectivity index (χ2n) is 6.75.